The Morgan fingerprint density at radius 3 is 2.26 bits per heavy atom. The van der Waals surface area contributed by atoms with Crippen LogP contribution in [0.2, 0.25) is 0 Å². The molecule has 0 aromatic heterocycles. The first kappa shape index (κ1) is 15.5. The maximum absolute atomic E-state index is 12.3. The highest BCUT2D eigenvalue weighted by Crippen LogP contribution is 2.21. The van der Waals surface area contributed by atoms with Gasteiger partial charge < -0.3 is 10.2 Å². The molecule has 0 aliphatic carbocycles. The third-order valence-corrected chi connectivity index (χ3v) is 4.09. The van der Waals surface area contributed by atoms with E-state index >= 15 is 0 Å². The Balaban J connectivity index is 1.46. The van der Waals surface area contributed by atoms with E-state index in [1.54, 1.807) is 0 Å². The van der Waals surface area contributed by atoms with Gasteiger partial charge in [-0.2, -0.15) is 0 Å². The number of hydrogen-bond acceptors (Lipinski definition) is 2. The number of nitrogens with zero attached hydrogens (tertiary/aromatic N) is 1. The first-order chi connectivity index (χ1) is 11.2. The zero-order valence-corrected chi connectivity index (χ0v) is 13.5. The minimum atomic E-state index is 0.161. The predicted octanol–water partition coefficient (Wildman–Crippen LogP) is 3.22. The van der Waals surface area contributed by atoms with Crippen LogP contribution in [-0.4, -0.2) is 23.9 Å². The molecule has 1 amide bonds. The minimum Gasteiger partial charge on any atom is -0.333 e. The molecule has 0 unspecified atom stereocenters. The van der Waals surface area contributed by atoms with Crippen LogP contribution in [0.25, 0.3) is 6.08 Å². The van der Waals surface area contributed by atoms with Crippen molar-refractivity contribution in [2.75, 3.05) is 13.1 Å². The highest BCUT2D eigenvalue weighted by atomic mass is 16.2. The molecule has 1 N–H and O–H groups in total. The summed E-state index contributed by atoms with van der Waals surface area (Å²) < 4.78 is 0. The van der Waals surface area contributed by atoms with Crippen molar-refractivity contribution in [3.8, 4) is 0 Å². The Kier molecular flexibility index (Phi) is 4.89. The SMILES string of the molecule is CC(=Cc1ccccc1)CNCC(=O)N1Cc2ccccc2C1. The number of amides is 1. The van der Waals surface area contributed by atoms with Gasteiger partial charge in [-0.3, -0.25) is 4.79 Å². The average molecular weight is 306 g/mol. The maximum atomic E-state index is 12.3. The third kappa shape index (κ3) is 4.08. The molecule has 0 radical (unpaired) electrons. The van der Waals surface area contributed by atoms with Crippen molar-refractivity contribution >= 4 is 12.0 Å². The third-order valence-electron chi connectivity index (χ3n) is 4.09. The number of rotatable bonds is 5. The molecule has 1 aliphatic rings. The number of nitrogens with one attached hydrogen (secondary N) is 1. The zero-order valence-electron chi connectivity index (χ0n) is 13.5. The topological polar surface area (TPSA) is 32.3 Å². The van der Waals surface area contributed by atoms with E-state index in [-0.39, 0.29) is 5.91 Å². The zero-order chi connectivity index (χ0) is 16.1. The lowest BCUT2D eigenvalue weighted by Crippen LogP contribution is -2.35. The highest BCUT2D eigenvalue weighted by molar-refractivity contribution is 5.79. The molecule has 0 saturated heterocycles. The van der Waals surface area contributed by atoms with E-state index in [4.69, 9.17) is 0 Å². The second-order valence-corrected chi connectivity index (χ2v) is 6.02. The summed E-state index contributed by atoms with van der Waals surface area (Å²) in [4.78, 5) is 14.2. The molecule has 2 aromatic carbocycles. The summed E-state index contributed by atoms with van der Waals surface area (Å²) in [5, 5.41) is 3.25. The lowest BCUT2D eigenvalue weighted by atomic mass is 10.1. The molecule has 0 fully saturated rings. The second-order valence-electron chi connectivity index (χ2n) is 6.02. The van der Waals surface area contributed by atoms with Gasteiger partial charge in [-0.15, -0.1) is 0 Å². The number of carbonyl (C=O) groups is 1. The van der Waals surface area contributed by atoms with E-state index in [1.807, 2.05) is 35.2 Å². The molecule has 3 nitrogen and oxygen atoms in total. The van der Waals surface area contributed by atoms with Crippen LogP contribution in [0.1, 0.15) is 23.6 Å². The second kappa shape index (κ2) is 7.25. The van der Waals surface area contributed by atoms with Gasteiger partial charge in [0.05, 0.1) is 6.54 Å². The summed E-state index contributed by atoms with van der Waals surface area (Å²) >= 11 is 0. The van der Waals surface area contributed by atoms with E-state index in [9.17, 15) is 4.79 Å². The molecular formula is C20H22N2O. The lowest BCUT2D eigenvalue weighted by molar-refractivity contribution is -0.130. The first-order valence-corrected chi connectivity index (χ1v) is 8.00. The van der Waals surface area contributed by atoms with Crippen LogP contribution in [0.3, 0.4) is 0 Å². The predicted molar refractivity (Wildman–Crippen MR) is 93.7 cm³/mol. The number of hydrogen-bond donors (Lipinski definition) is 1. The summed E-state index contributed by atoms with van der Waals surface area (Å²) in [6.07, 6.45) is 2.14. The maximum Gasteiger partial charge on any atom is 0.237 e. The molecule has 0 bridgehead atoms. The van der Waals surface area contributed by atoms with Gasteiger partial charge in [-0.1, -0.05) is 66.2 Å². The van der Waals surface area contributed by atoms with Crippen molar-refractivity contribution in [2.45, 2.75) is 20.0 Å². The fraction of sp³-hybridized carbons (Fsp3) is 0.250. The molecule has 0 spiro atoms. The van der Waals surface area contributed by atoms with Gasteiger partial charge in [0.25, 0.3) is 0 Å². The molecule has 23 heavy (non-hydrogen) atoms. The van der Waals surface area contributed by atoms with Crippen LogP contribution in [0.5, 0.6) is 0 Å². The Bertz CT molecular complexity index is 682. The van der Waals surface area contributed by atoms with Gasteiger partial charge >= 0.3 is 0 Å². The normalized spacial score (nSPS) is 14.0. The summed E-state index contributed by atoms with van der Waals surface area (Å²) in [7, 11) is 0. The number of carbonyl (C=O) groups excluding carboxylic acids is 1. The van der Waals surface area contributed by atoms with Crippen molar-refractivity contribution in [3.63, 3.8) is 0 Å². The standard InChI is InChI=1S/C20H22N2O/c1-16(11-17-7-3-2-4-8-17)12-21-13-20(23)22-14-18-9-5-6-10-19(18)15-22/h2-11,21H,12-15H2,1H3. The lowest BCUT2D eigenvalue weighted by Gasteiger charge is -2.16. The molecular weight excluding hydrogens is 284 g/mol. The molecule has 1 heterocycles. The van der Waals surface area contributed by atoms with Crippen molar-refractivity contribution in [3.05, 3.63) is 76.9 Å². The fourth-order valence-electron chi connectivity index (χ4n) is 2.87. The van der Waals surface area contributed by atoms with Crippen LogP contribution in [0.4, 0.5) is 0 Å². The largest absolute Gasteiger partial charge is 0.333 e. The van der Waals surface area contributed by atoms with E-state index in [2.05, 4.69) is 42.6 Å². The Labute approximate surface area is 137 Å². The fourth-order valence-corrected chi connectivity index (χ4v) is 2.87. The van der Waals surface area contributed by atoms with Crippen molar-refractivity contribution in [1.82, 2.24) is 10.2 Å². The minimum absolute atomic E-state index is 0.161. The monoisotopic (exact) mass is 306 g/mol. The van der Waals surface area contributed by atoms with Crippen molar-refractivity contribution in [2.24, 2.45) is 0 Å². The quantitative estimate of drug-likeness (QED) is 0.920. The summed E-state index contributed by atoms with van der Waals surface area (Å²) in [5.41, 5.74) is 4.93. The molecule has 0 saturated carbocycles. The summed E-state index contributed by atoms with van der Waals surface area (Å²) in [6, 6.07) is 18.5. The summed E-state index contributed by atoms with van der Waals surface area (Å²) in [6.45, 7) is 4.65. The molecule has 1 aliphatic heterocycles. The molecule has 0 atom stereocenters. The molecule has 3 heteroatoms. The van der Waals surface area contributed by atoms with Gasteiger partial charge in [0.15, 0.2) is 0 Å². The van der Waals surface area contributed by atoms with E-state index < -0.39 is 0 Å². The average Bonchev–Trinajstić information content (AvgIpc) is 3.00. The van der Waals surface area contributed by atoms with Crippen LogP contribution < -0.4 is 5.32 Å². The van der Waals surface area contributed by atoms with E-state index in [0.717, 1.165) is 19.6 Å². The van der Waals surface area contributed by atoms with Crippen LogP contribution >= 0.6 is 0 Å². The van der Waals surface area contributed by atoms with Crippen LogP contribution in [-0.2, 0) is 17.9 Å². The van der Waals surface area contributed by atoms with Crippen molar-refractivity contribution < 1.29 is 4.79 Å². The van der Waals surface area contributed by atoms with Gasteiger partial charge in [-0.05, 0) is 23.6 Å². The molecule has 3 rings (SSSR count). The van der Waals surface area contributed by atoms with Crippen molar-refractivity contribution in [1.29, 1.82) is 0 Å². The van der Waals surface area contributed by atoms with Gasteiger partial charge in [0.2, 0.25) is 5.91 Å². The van der Waals surface area contributed by atoms with Gasteiger partial charge in [0, 0.05) is 19.6 Å². The van der Waals surface area contributed by atoms with E-state index in [0.29, 0.717) is 6.54 Å². The first-order valence-electron chi connectivity index (χ1n) is 8.00. The Morgan fingerprint density at radius 1 is 1.00 bits per heavy atom. The summed E-state index contributed by atoms with van der Waals surface area (Å²) in [5.74, 6) is 0.161. The van der Waals surface area contributed by atoms with Crippen LogP contribution in [0.15, 0.2) is 60.2 Å². The highest BCUT2D eigenvalue weighted by Gasteiger charge is 2.22. The number of fused-ring (bicyclic) bond motifs is 1. The van der Waals surface area contributed by atoms with Crippen LogP contribution in [0, 0.1) is 0 Å². The molecule has 118 valence electrons. The molecule has 2 aromatic rings. The van der Waals surface area contributed by atoms with Gasteiger partial charge in [0.1, 0.15) is 0 Å². The van der Waals surface area contributed by atoms with E-state index in [1.165, 1.54) is 22.3 Å². The Morgan fingerprint density at radius 2 is 1.61 bits per heavy atom. The van der Waals surface area contributed by atoms with Gasteiger partial charge in [-0.25, -0.2) is 0 Å². The Hall–Kier alpha value is -2.39. The number of benzene rings is 2. The smallest absolute Gasteiger partial charge is 0.237 e.